The van der Waals surface area contributed by atoms with Gasteiger partial charge in [0.1, 0.15) is 16.8 Å². The summed E-state index contributed by atoms with van der Waals surface area (Å²) in [7, 11) is -1.50. The minimum Gasteiger partial charge on any atom is -0.303 e. The van der Waals surface area contributed by atoms with Crippen LogP contribution in [-0.2, 0) is 11.0 Å². The molecule has 0 heterocycles. The van der Waals surface area contributed by atoms with E-state index in [1.54, 1.807) is 20.8 Å². The molecule has 0 aliphatic carbocycles. The largest absolute Gasteiger partial charge is 0.303 e. The summed E-state index contributed by atoms with van der Waals surface area (Å²) in [6, 6.07) is 2.10. The molecule has 0 aliphatic rings. The van der Waals surface area contributed by atoms with Crippen LogP contribution in [0.25, 0.3) is 0 Å². The van der Waals surface area contributed by atoms with Crippen LogP contribution in [0.5, 0.6) is 0 Å². The van der Waals surface area contributed by atoms with Crippen molar-refractivity contribution in [3.63, 3.8) is 0 Å². The van der Waals surface area contributed by atoms with Gasteiger partial charge in [0.2, 0.25) is 0 Å². The lowest BCUT2D eigenvalue weighted by Gasteiger charge is -2.18. The van der Waals surface area contributed by atoms with Gasteiger partial charge in [0.15, 0.2) is 11.6 Å². The smallest absolute Gasteiger partial charge is 0.174 e. The third-order valence-corrected chi connectivity index (χ3v) is 2.76. The summed E-state index contributed by atoms with van der Waals surface area (Å²) in [5.74, 6) is -2.56. The number of halogens is 2. The number of ketones is 1. The predicted octanol–water partition coefficient (Wildman–Crippen LogP) is 2.90. The number of Topliss-reactive ketones (excluding diaryl/α,β-unsaturated/α-hetero) is 1. The maximum atomic E-state index is 14.0. The quantitative estimate of drug-likeness (QED) is 0.862. The fourth-order valence-corrected chi connectivity index (χ4v) is 1.84. The normalized spacial score (nSPS) is 13.2. The second-order valence-corrected chi connectivity index (χ2v) is 6.03. The molecule has 6 heteroatoms. The molecule has 0 aliphatic heterocycles. The van der Waals surface area contributed by atoms with Crippen LogP contribution in [0.1, 0.15) is 31.1 Å². The molecule has 1 aromatic carbocycles. The van der Waals surface area contributed by atoms with E-state index in [2.05, 4.69) is 4.72 Å². The third-order valence-electron chi connectivity index (χ3n) is 2.25. The summed E-state index contributed by atoms with van der Waals surface area (Å²) in [4.78, 5) is 12.0. The molecule has 0 amide bonds. The lowest BCUT2D eigenvalue weighted by Crippen LogP contribution is -2.23. The van der Waals surface area contributed by atoms with Gasteiger partial charge in [-0.3, -0.25) is 4.79 Å². The summed E-state index contributed by atoms with van der Waals surface area (Å²) >= 11 is 0. The molecule has 0 bridgehead atoms. The van der Waals surface area contributed by atoms with Crippen molar-refractivity contribution >= 4 is 22.5 Å². The highest BCUT2D eigenvalue weighted by atomic mass is 32.2. The Morgan fingerprint density at radius 2 is 1.83 bits per heavy atom. The van der Waals surface area contributed by atoms with Crippen molar-refractivity contribution in [2.75, 3.05) is 11.0 Å². The average molecular weight is 275 g/mol. The van der Waals surface area contributed by atoms with Crippen molar-refractivity contribution in [3.8, 4) is 0 Å². The third kappa shape index (κ3) is 3.13. The van der Waals surface area contributed by atoms with Crippen molar-refractivity contribution in [3.05, 3.63) is 29.3 Å². The van der Waals surface area contributed by atoms with Crippen molar-refractivity contribution in [1.29, 1.82) is 0 Å². The molecule has 0 spiro atoms. The van der Waals surface area contributed by atoms with Gasteiger partial charge in [-0.15, -0.1) is 0 Å². The molecule has 100 valence electrons. The Morgan fingerprint density at radius 3 is 2.28 bits per heavy atom. The first-order valence-corrected chi connectivity index (χ1v) is 6.83. The standard InChI is InChI=1S/C12H15F2NO2S/c1-12(2,3)11(16)9-7(13)5-6-8(10(9)14)15-18(4)17/h5-6,15H,1-4H3. The van der Waals surface area contributed by atoms with Crippen molar-refractivity contribution < 1.29 is 17.8 Å². The monoisotopic (exact) mass is 275 g/mol. The fourth-order valence-electron chi connectivity index (χ4n) is 1.37. The molecule has 0 aromatic heterocycles. The van der Waals surface area contributed by atoms with Gasteiger partial charge in [-0.05, 0) is 12.1 Å². The van der Waals surface area contributed by atoms with E-state index in [0.29, 0.717) is 0 Å². The van der Waals surface area contributed by atoms with E-state index in [9.17, 15) is 17.8 Å². The Labute approximate surface area is 107 Å². The minimum atomic E-state index is -1.50. The number of rotatable bonds is 3. The number of carbonyl (C=O) groups excluding carboxylic acids is 1. The lowest BCUT2D eigenvalue weighted by molar-refractivity contribution is 0.0849. The van der Waals surface area contributed by atoms with Crippen LogP contribution in [0.2, 0.25) is 0 Å². The summed E-state index contributed by atoms with van der Waals surface area (Å²) in [6.45, 7) is 4.73. The Kier molecular flexibility index (Phi) is 4.21. The topological polar surface area (TPSA) is 46.2 Å². The van der Waals surface area contributed by atoms with Gasteiger partial charge >= 0.3 is 0 Å². The second kappa shape index (κ2) is 5.14. The van der Waals surface area contributed by atoms with Crippen LogP contribution in [0.4, 0.5) is 14.5 Å². The van der Waals surface area contributed by atoms with Gasteiger partial charge in [-0.2, -0.15) is 0 Å². The number of hydrogen-bond donors (Lipinski definition) is 1. The number of carbonyl (C=O) groups is 1. The highest BCUT2D eigenvalue weighted by Gasteiger charge is 2.29. The number of nitrogens with one attached hydrogen (secondary N) is 1. The van der Waals surface area contributed by atoms with Crippen LogP contribution in [0, 0.1) is 17.0 Å². The fraction of sp³-hybridized carbons (Fsp3) is 0.417. The molecule has 3 nitrogen and oxygen atoms in total. The van der Waals surface area contributed by atoms with E-state index in [1.807, 2.05) is 0 Å². The van der Waals surface area contributed by atoms with E-state index < -0.39 is 39.4 Å². The molecular formula is C12H15F2NO2S. The zero-order valence-electron chi connectivity index (χ0n) is 10.6. The molecule has 0 fully saturated rings. The maximum Gasteiger partial charge on any atom is 0.174 e. The van der Waals surface area contributed by atoms with Gasteiger partial charge in [0.05, 0.1) is 11.3 Å². The van der Waals surface area contributed by atoms with Crippen LogP contribution in [0.15, 0.2) is 12.1 Å². The number of anilines is 1. The van der Waals surface area contributed by atoms with Gasteiger partial charge < -0.3 is 4.72 Å². The van der Waals surface area contributed by atoms with Crippen molar-refractivity contribution in [1.82, 2.24) is 0 Å². The summed E-state index contributed by atoms with van der Waals surface area (Å²) in [5, 5.41) is 0. The molecule has 0 radical (unpaired) electrons. The van der Waals surface area contributed by atoms with Gasteiger partial charge in [0.25, 0.3) is 0 Å². The Hall–Kier alpha value is -1.30. The van der Waals surface area contributed by atoms with Crippen molar-refractivity contribution in [2.24, 2.45) is 5.41 Å². The van der Waals surface area contributed by atoms with Crippen LogP contribution in [0.3, 0.4) is 0 Å². The molecule has 0 saturated heterocycles. The zero-order chi connectivity index (χ0) is 14.1. The first-order chi connectivity index (χ1) is 8.14. The molecule has 1 unspecified atom stereocenters. The average Bonchev–Trinajstić information content (AvgIpc) is 2.20. The Morgan fingerprint density at radius 1 is 1.28 bits per heavy atom. The summed E-state index contributed by atoms with van der Waals surface area (Å²) in [5.41, 5.74) is -1.64. The highest BCUT2D eigenvalue weighted by molar-refractivity contribution is 7.85. The molecule has 1 rings (SSSR count). The first-order valence-electron chi connectivity index (χ1n) is 5.27. The highest BCUT2D eigenvalue weighted by Crippen LogP contribution is 2.28. The van der Waals surface area contributed by atoms with Crippen LogP contribution in [-0.4, -0.2) is 16.2 Å². The predicted molar refractivity (Wildman–Crippen MR) is 67.8 cm³/mol. The zero-order valence-corrected chi connectivity index (χ0v) is 11.5. The number of benzene rings is 1. The molecule has 1 aromatic rings. The maximum absolute atomic E-state index is 14.0. The number of hydrogen-bond acceptors (Lipinski definition) is 2. The lowest BCUT2D eigenvalue weighted by atomic mass is 9.86. The van der Waals surface area contributed by atoms with Gasteiger partial charge in [-0.1, -0.05) is 20.8 Å². The molecule has 1 N–H and O–H groups in total. The Bertz CT molecular complexity index is 510. The van der Waals surface area contributed by atoms with E-state index in [1.165, 1.54) is 6.26 Å². The second-order valence-electron chi connectivity index (χ2n) is 4.92. The van der Waals surface area contributed by atoms with Crippen LogP contribution < -0.4 is 4.72 Å². The molecule has 18 heavy (non-hydrogen) atoms. The van der Waals surface area contributed by atoms with Gasteiger partial charge in [0, 0.05) is 11.7 Å². The molecule has 1 atom stereocenters. The van der Waals surface area contributed by atoms with Gasteiger partial charge in [-0.25, -0.2) is 13.0 Å². The van der Waals surface area contributed by atoms with Crippen LogP contribution >= 0.6 is 0 Å². The van der Waals surface area contributed by atoms with Crippen molar-refractivity contribution in [2.45, 2.75) is 20.8 Å². The molecule has 0 saturated carbocycles. The SMILES string of the molecule is CS(=O)Nc1ccc(F)c(C(=O)C(C)(C)C)c1F. The first kappa shape index (κ1) is 14.8. The molecular weight excluding hydrogens is 260 g/mol. The Balaban J connectivity index is 3.35. The van der Waals surface area contributed by atoms with E-state index in [4.69, 9.17) is 0 Å². The van der Waals surface area contributed by atoms with E-state index in [0.717, 1.165) is 12.1 Å². The van der Waals surface area contributed by atoms with E-state index in [-0.39, 0.29) is 5.69 Å². The minimum absolute atomic E-state index is 0.148. The summed E-state index contributed by atoms with van der Waals surface area (Å²) < 4.78 is 40.9. The summed E-state index contributed by atoms with van der Waals surface area (Å²) in [6.07, 6.45) is 1.31. The van der Waals surface area contributed by atoms with E-state index >= 15 is 0 Å².